The predicted molar refractivity (Wildman–Crippen MR) is 98.8 cm³/mol. The quantitative estimate of drug-likeness (QED) is 0.441. The van der Waals surface area contributed by atoms with Gasteiger partial charge in [-0.05, 0) is 37.0 Å². The first-order valence-corrected chi connectivity index (χ1v) is 9.45. The Morgan fingerprint density at radius 3 is 2.76 bits per heavy atom. The summed E-state index contributed by atoms with van der Waals surface area (Å²) in [5, 5.41) is 2.74. The summed E-state index contributed by atoms with van der Waals surface area (Å²) in [4.78, 5) is 50.3. The van der Waals surface area contributed by atoms with Crippen molar-refractivity contribution in [1.29, 1.82) is 0 Å². The summed E-state index contributed by atoms with van der Waals surface area (Å²) < 4.78 is 23.3. The molecule has 1 heterocycles. The number of halogens is 1. The van der Waals surface area contributed by atoms with E-state index >= 15 is 0 Å². The Labute approximate surface area is 167 Å². The lowest BCUT2D eigenvalue weighted by Crippen LogP contribution is -2.54. The summed E-state index contributed by atoms with van der Waals surface area (Å²) >= 11 is 0. The van der Waals surface area contributed by atoms with Crippen molar-refractivity contribution in [3.63, 3.8) is 0 Å². The zero-order valence-electron chi connectivity index (χ0n) is 16.3. The third-order valence-electron chi connectivity index (χ3n) is 5.61. The molecule has 3 amide bonds. The van der Waals surface area contributed by atoms with Crippen LogP contribution in [0.4, 0.5) is 9.18 Å². The van der Waals surface area contributed by atoms with Crippen LogP contribution in [0.3, 0.4) is 0 Å². The van der Waals surface area contributed by atoms with Gasteiger partial charge in [0.05, 0.1) is 12.7 Å². The Morgan fingerprint density at radius 2 is 2.07 bits per heavy atom. The van der Waals surface area contributed by atoms with Gasteiger partial charge in [-0.3, -0.25) is 19.3 Å². The van der Waals surface area contributed by atoms with E-state index in [1.807, 2.05) is 6.92 Å². The van der Waals surface area contributed by atoms with Crippen LogP contribution in [0.25, 0.3) is 0 Å². The molecule has 3 rings (SSSR count). The standard InChI is InChI=1S/C20H23FN2O6/c1-12-5-3-4-8-20(12)18(26)23(19(27)22-20)10-17(25)29-11-15(24)14-9-13(21)6-7-16(14)28-2/h6-7,9,12H,3-5,8,10-11H2,1-2H3,(H,22,27)/t12-,20-/m0/s1. The maximum atomic E-state index is 13.4. The Hall–Kier alpha value is -2.97. The van der Waals surface area contributed by atoms with Gasteiger partial charge in [0.25, 0.3) is 5.91 Å². The lowest BCUT2D eigenvalue weighted by molar-refractivity contribution is -0.147. The summed E-state index contributed by atoms with van der Waals surface area (Å²) in [6.45, 7) is 0.654. The minimum absolute atomic E-state index is 0.0317. The molecule has 8 nitrogen and oxygen atoms in total. The fourth-order valence-electron chi connectivity index (χ4n) is 3.94. The highest BCUT2D eigenvalue weighted by Crippen LogP contribution is 2.38. The second-order valence-electron chi connectivity index (χ2n) is 7.37. The van der Waals surface area contributed by atoms with Crippen molar-refractivity contribution in [1.82, 2.24) is 10.2 Å². The number of imide groups is 1. The van der Waals surface area contributed by atoms with Crippen molar-refractivity contribution in [2.45, 2.75) is 38.1 Å². The van der Waals surface area contributed by atoms with Crippen LogP contribution in [0.5, 0.6) is 5.75 Å². The number of urea groups is 1. The average molecular weight is 406 g/mol. The lowest BCUT2D eigenvalue weighted by atomic mass is 9.73. The van der Waals surface area contributed by atoms with Crippen LogP contribution in [-0.2, 0) is 14.3 Å². The molecular weight excluding hydrogens is 383 g/mol. The van der Waals surface area contributed by atoms with E-state index in [1.54, 1.807) is 0 Å². The fourth-order valence-corrected chi connectivity index (χ4v) is 3.94. The van der Waals surface area contributed by atoms with Crippen LogP contribution in [0.15, 0.2) is 18.2 Å². The van der Waals surface area contributed by atoms with Gasteiger partial charge in [-0.15, -0.1) is 0 Å². The second-order valence-corrected chi connectivity index (χ2v) is 7.37. The number of carbonyl (C=O) groups excluding carboxylic acids is 4. The number of rotatable bonds is 6. The van der Waals surface area contributed by atoms with E-state index in [2.05, 4.69) is 5.32 Å². The molecule has 0 radical (unpaired) electrons. The average Bonchev–Trinajstić information content (AvgIpc) is 2.93. The van der Waals surface area contributed by atoms with E-state index in [4.69, 9.17) is 9.47 Å². The van der Waals surface area contributed by atoms with Gasteiger partial charge in [0, 0.05) is 0 Å². The van der Waals surface area contributed by atoms with E-state index in [-0.39, 0.29) is 17.2 Å². The largest absolute Gasteiger partial charge is 0.496 e. The van der Waals surface area contributed by atoms with E-state index in [0.29, 0.717) is 6.42 Å². The lowest BCUT2D eigenvalue weighted by Gasteiger charge is -2.36. The molecule has 156 valence electrons. The highest BCUT2D eigenvalue weighted by atomic mass is 19.1. The Kier molecular flexibility index (Phi) is 5.86. The Morgan fingerprint density at radius 1 is 1.31 bits per heavy atom. The Balaban J connectivity index is 1.61. The number of ether oxygens (including phenoxy) is 2. The number of Topliss-reactive ketones (excluding diaryl/α,β-unsaturated/α-hetero) is 1. The highest BCUT2D eigenvalue weighted by Gasteiger charge is 2.55. The number of nitrogens with one attached hydrogen (secondary N) is 1. The smallest absolute Gasteiger partial charge is 0.326 e. The van der Waals surface area contributed by atoms with Crippen LogP contribution in [0, 0.1) is 11.7 Å². The van der Waals surface area contributed by atoms with Crippen molar-refractivity contribution < 1.29 is 33.0 Å². The number of esters is 1. The van der Waals surface area contributed by atoms with Gasteiger partial charge in [-0.25, -0.2) is 9.18 Å². The van der Waals surface area contributed by atoms with E-state index < -0.39 is 48.2 Å². The number of hydrogen-bond acceptors (Lipinski definition) is 6. The third kappa shape index (κ3) is 3.94. The summed E-state index contributed by atoms with van der Waals surface area (Å²) in [5.74, 6) is -2.52. The topological polar surface area (TPSA) is 102 Å². The number of ketones is 1. The molecule has 9 heteroatoms. The SMILES string of the molecule is COc1ccc(F)cc1C(=O)COC(=O)CN1C(=O)N[C@]2(CCCC[C@@H]2C)C1=O. The summed E-state index contributed by atoms with van der Waals surface area (Å²) in [6, 6.07) is 2.78. The number of benzene rings is 1. The van der Waals surface area contributed by atoms with Crippen LogP contribution in [0.1, 0.15) is 43.0 Å². The summed E-state index contributed by atoms with van der Waals surface area (Å²) in [5.41, 5.74) is -1.04. The van der Waals surface area contributed by atoms with Crippen molar-refractivity contribution in [2.75, 3.05) is 20.3 Å². The zero-order chi connectivity index (χ0) is 21.2. The number of carbonyl (C=O) groups is 4. The second kappa shape index (κ2) is 8.18. The van der Waals surface area contributed by atoms with Gasteiger partial charge in [0.1, 0.15) is 23.7 Å². The molecule has 1 aromatic carbocycles. The monoisotopic (exact) mass is 406 g/mol. The maximum absolute atomic E-state index is 13.4. The van der Waals surface area contributed by atoms with E-state index in [9.17, 15) is 23.6 Å². The molecular formula is C20H23FN2O6. The van der Waals surface area contributed by atoms with Crippen molar-refractivity contribution in [2.24, 2.45) is 5.92 Å². The van der Waals surface area contributed by atoms with Gasteiger partial charge in [0.15, 0.2) is 6.61 Å². The molecule has 2 atom stereocenters. The molecule has 1 aliphatic heterocycles. The number of methoxy groups -OCH3 is 1. The van der Waals surface area contributed by atoms with Crippen molar-refractivity contribution in [3.8, 4) is 5.75 Å². The zero-order valence-corrected chi connectivity index (χ0v) is 16.3. The molecule has 2 aliphatic rings. The first-order valence-electron chi connectivity index (χ1n) is 9.45. The highest BCUT2D eigenvalue weighted by molar-refractivity contribution is 6.09. The van der Waals surface area contributed by atoms with E-state index in [1.165, 1.54) is 13.2 Å². The molecule has 1 N–H and O–H groups in total. The normalized spacial score (nSPS) is 23.8. The molecule has 1 saturated carbocycles. The summed E-state index contributed by atoms with van der Waals surface area (Å²) in [6.07, 6.45) is 3.15. The molecule has 0 unspecified atom stereocenters. The van der Waals surface area contributed by atoms with E-state index in [0.717, 1.165) is 36.3 Å². The molecule has 0 aromatic heterocycles. The minimum Gasteiger partial charge on any atom is -0.496 e. The van der Waals surface area contributed by atoms with Gasteiger partial charge >= 0.3 is 12.0 Å². The number of nitrogens with zero attached hydrogens (tertiary/aromatic N) is 1. The van der Waals surface area contributed by atoms with Crippen LogP contribution < -0.4 is 10.1 Å². The predicted octanol–water partition coefficient (Wildman–Crippen LogP) is 2.06. The van der Waals surface area contributed by atoms with Crippen molar-refractivity contribution in [3.05, 3.63) is 29.6 Å². The van der Waals surface area contributed by atoms with Crippen molar-refractivity contribution >= 4 is 23.7 Å². The van der Waals surface area contributed by atoms with Crippen LogP contribution in [-0.4, -0.2) is 54.4 Å². The molecule has 1 aliphatic carbocycles. The molecule has 0 bridgehead atoms. The van der Waals surface area contributed by atoms with Gasteiger partial charge < -0.3 is 14.8 Å². The van der Waals surface area contributed by atoms with Gasteiger partial charge in [0.2, 0.25) is 5.78 Å². The first kappa shape index (κ1) is 20.8. The summed E-state index contributed by atoms with van der Waals surface area (Å²) in [7, 11) is 1.33. The first-order chi connectivity index (χ1) is 13.8. The molecule has 1 saturated heterocycles. The fraction of sp³-hybridized carbons (Fsp3) is 0.500. The van der Waals surface area contributed by atoms with Crippen LogP contribution >= 0.6 is 0 Å². The minimum atomic E-state index is -0.972. The van der Waals surface area contributed by atoms with Gasteiger partial charge in [-0.1, -0.05) is 19.8 Å². The number of hydrogen-bond donors (Lipinski definition) is 1. The molecule has 2 fully saturated rings. The molecule has 29 heavy (non-hydrogen) atoms. The van der Waals surface area contributed by atoms with Crippen LogP contribution in [0.2, 0.25) is 0 Å². The maximum Gasteiger partial charge on any atom is 0.326 e. The third-order valence-corrected chi connectivity index (χ3v) is 5.61. The van der Waals surface area contributed by atoms with Gasteiger partial charge in [-0.2, -0.15) is 0 Å². The molecule has 1 aromatic rings. The Bertz CT molecular complexity index is 857. The molecule has 1 spiro atoms. The number of amides is 3.